The molecule has 21 heavy (non-hydrogen) atoms. The van der Waals surface area contributed by atoms with Gasteiger partial charge in [-0.3, -0.25) is 0 Å². The molecular weight excluding hydrogens is 282 g/mol. The number of aromatic nitrogens is 2. The van der Waals surface area contributed by atoms with E-state index in [9.17, 15) is 0 Å². The molecule has 0 bridgehead atoms. The number of hydrogen-bond acceptors (Lipinski definition) is 5. The zero-order valence-corrected chi connectivity index (χ0v) is 14.4. The second-order valence-corrected chi connectivity index (χ2v) is 7.30. The van der Waals surface area contributed by atoms with Gasteiger partial charge in [-0.25, -0.2) is 0 Å². The number of rotatable bonds is 6. The van der Waals surface area contributed by atoms with Crippen molar-refractivity contribution >= 4 is 11.3 Å². The van der Waals surface area contributed by atoms with Gasteiger partial charge in [0, 0.05) is 23.4 Å². The van der Waals surface area contributed by atoms with Crippen LogP contribution in [0.1, 0.15) is 45.6 Å². The molecule has 0 aliphatic carbocycles. The van der Waals surface area contributed by atoms with Crippen molar-refractivity contribution in [1.82, 2.24) is 15.5 Å². The Hall–Kier alpha value is -1.20. The molecule has 2 aromatic heterocycles. The Morgan fingerprint density at radius 3 is 2.67 bits per heavy atom. The van der Waals surface area contributed by atoms with Crippen LogP contribution in [-0.4, -0.2) is 22.7 Å². The largest absolute Gasteiger partial charge is 0.339 e. The van der Waals surface area contributed by atoms with Crippen LogP contribution in [0.3, 0.4) is 0 Å². The Balaban J connectivity index is 2.11. The Labute approximate surface area is 131 Å². The van der Waals surface area contributed by atoms with Gasteiger partial charge in [0.2, 0.25) is 11.7 Å². The van der Waals surface area contributed by atoms with Gasteiger partial charge in [0.15, 0.2) is 0 Å². The van der Waals surface area contributed by atoms with Gasteiger partial charge >= 0.3 is 0 Å². The molecule has 5 heteroatoms. The molecule has 4 nitrogen and oxygen atoms in total. The molecule has 0 saturated heterocycles. The van der Waals surface area contributed by atoms with Crippen LogP contribution in [0.15, 0.2) is 15.3 Å². The molecule has 0 aliphatic rings. The van der Waals surface area contributed by atoms with Crippen molar-refractivity contribution in [3.05, 3.63) is 22.2 Å². The lowest BCUT2D eigenvalue weighted by Gasteiger charge is -2.30. The number of aryl methyl sites for hydroxylation is 1. The normalized spacial score (nSPS) is 13.6. The van der Waals surface area contributed by atoms with Crippen LogP contribution in [0.25, 0.3) is 11.4 Å². The molecule has 1 atom stereocenters. The first kappa shape index (κ1) is 16.2. The third kappa shape index (κ3) is 4.14. The minimum Gasteiger partial charge on any atom is -0.339 e. The standard InChI is InChI=1S/C16H25N3OS/c1-6-7-17-13(16(3,4)5)8-14-18-15(19-20-14)12-10-21-9-11(12)2/h9-10,13,17H,6-8H2,1-5H3. The molecule has 2 rings (SSSR count). The molecule has 0 fully saturated rings. The van der Waals surface area contributed by atoms with Crippen molar-refractivity contribution in [2.45, 2.75) is 53.5 Å². The summed E-state index contributed by atoms with van der Waals surface area (Å²) < 4.78 is 5.45. The highest BCUT2D eigenvalue weighted by Crippen LogP contribution is 2.26. The highest BCUT2D eigenvalue weighted by atomic mass is 32.1. The van der Waals surface area contributed by atoms with Crippen molar-refractivity contribution < 1.29 is 4.52 Å². The maximum atomic E-state index is 5.45. The number of nitrogens with zero attached hydrogens (tertiary/aromatic N) is 2. The van der Waals surface area contributed by atoms with Crippen LogP contribution in [0, 0.1) is 12.3 Å². The highest BCUT2D eigenvalue weighted by Gasteiger charge is 2.26. The van der Waals surface area contributed by atoms with Crippen molar-refractivity contribution in [2.75, 3.05) is 6.54 Å². The van der Waals surface area contributed by atoms with Crippen molar-refractivity contribution in [2.24, 2.45) is 5.41 Å². The first-order valence-electron chi connectivity index (χ1n) is 7.51. The monoisotopic (exact) mass is 307 g/mol. The van der Waals surface area contributed by atoms with E-state index in [0.717, 1.165) is 24.9 Å². The van der Waals surface area contributed by atoms with Crippen molar-refractivity contribution in [3.63, 3.8) is 0 Å². The fraction of sp³-hybridized carbons (Fsp3) is 0.625. The third-order valence-electron chi connectivity index (χ3n) is 3.63. The van der Waals surface area contributed by atoms with Gasteiger partial charge in [-0.1, -0.05) is 32.9 Å². The van der Waals surface area contributed by atoms with E-state index in [2.05, 4.69) is 60.8 Å². The molecule has 0 amide bonds. The zero-order chi connectivity index (χ0) is 15.5. The summed E-state index contributed by atoms with van der Waals surface area (Å²) >= 11 is 1.67. The first-order chi connectivity index (χ1) is 9.91. The van der Waals surface area contributed by atoms with Gasteiger partial charge in [-0.2, -0.15) is 16.3 Å². The molecule has 0 radical (unpaired) electrons. The zero-order valence-electron chi connectivity index (χ0n) is 13.6. The van der Waals surface area contributed by atoms with E-state index in [1.807, 2.05) is 0 Å². The van der Waals surface area contributed by atoms with Gasteiger partial charge < -0.3 is 9.84 Å². The fourth-order valence-corrected chi connectivity index (χ4v) is 3.04. The Kier molecular flexibility index (Phi) is 5.17. The predicted molar refractivity (Wildman–Crippen MR) is 87.6 cm³/mol. The van der Waals surface area contributed by atoms with Crippen LogP contribution in [-0.2, 0) is 6.42 Å². The molecule has 0 aromatic carbocycles. The maximum absolute atomic E-state index is 5.45. The second-order valence-electron chi connectivity index (χ2n) is 6.56. The predicted octanol–water partition coefficient (Wildman–Crippen LogP) is 4.06. The third-order valence-corrected chi connectivity index (χ3v) is 4.49. The van der Waals surface area contributed by atoms with Crippen LogP contribution in [0.5, 0.6) is 0 Å². The molecule has 0 saturated carbocycles. The maximum Gasteiger partial charge on any atom is 0.228 e. The molecule has 1 N–H and O–H groups in total. The molecule has 0 spiro atoms. The van der Waals surface area contributed by atoms with E-state index >= 15 is 0 Å². The quantitative estimate of drug-likeness (QED) is 0.874. The fourth-order valence-electron chi connectivity index (χ4n) is 2.21. The van der Waals surface area contributed by atoms with E-state index in [1.165, 1.54) is 5.56 Å². The topological polar surface area (TPSA) is 51.0 Å². The Morgan fingerprint density at radius 2 is 2.10 bits per heavy atom. The lowest BCUT2D eigenvalue weighted by atomic mass is 9.84. The summed E-state index contributed by atoms with van der Waals surface area (Å²) in [6.07, 6.45) is 1.88. The first-order valence-corrected chi connectivity index (χ1v) is 8.45. The lowest BCUT2D eigenvalue weighted by molar-refractivity contribution is 0.244. The summed E-state index contributed by atoms with van der Waals surface area (Å²) in [7, 11) is 0. The number of nitrogens with one attached hydrogen (secondary N) is 1. The van der Waals surface area contributed by atoms with Crippen LogP contribution >= 0.6 is 11.3 Å². The minimum absolute atomic E-state index is 0.155. The summed E-state index contributed by atoms with van der Waals surface area (Å²) in [4.78, 5) is 4.56. The van der Waals surface area contributed by atoms with E-state index in [4.69, 9.17) is 4.52 Å². The molecule has 116 valence electrons. The minimum atomic E-state index is 0.155. The average molecular weight is 307 g/mol. The van der Waals surface area contributed by atoms with Gasteiger partial charge in [-0.15, -0.1) is 0 Å². The molecule has 2 aromatic rings. The number of hydrogen-bond donors (Lipinski definition) is 1. The highest BCUT2D eigenvalue weighted by molar-refractivity contribution is 7.08. The van der Waals surface area contributed by atoms with Crippen LogP contribution in [0.4, 0.5) is 0 Å². The summed E-state index contributed by atoms with van der Waals surface area (Å²) in [6, 6.07) is 0.328. The lowest BCUT2D eigenvalue weighted by Crippen LogP contribution is -2.42. The molecular formula is C16H25N3OS. The van der Waals surface area contributed by atoms with Gasteiger partial charge in [0.25, 0.3) is 0 Å². The molecule has 0 aliphatic heterocycles. The van der Waals surface area contributed by atoms with Gasteiger partial charge in [0.1, 0.15) is 0 Å². The summed E-state index contributed by atoms with van der Waals surface area (Å²) in [5, 5.41) is 11.9. The van der Waals surface area contributed by atoms with Crippen LogP contribution in [0.2, 0.25) is 0 Å². The second kappa shape index (κ2) is 6.71. The SMILES string of the molecule is CCCNC(Cc1nc(-c2cscc2C)no1)C(C)(C)C. The average Bonchev–Trinajstić information content (AvgIpc) is 3.01. The van der Waals surface area contributed by atoms with E-state index in [-0.39, 0.29) is 5.41 Å². The summed E-state index contributed by atoms with van der Waals surface area (Å²) in [6.45, 7) is 12.0. The van der Waals surface area contributed by atoms with Crippen LogP contribution < -0.4 is 5.32 Å². The Bertz CT molecular complexity index is 568. The summed E-state index contributed by atoms with van der Waals surface area (Å²) in [5.74, 6) is 1.41. The van der Waals surface area contributed by atoms with E-state index in [0.29, 0.717) is 17.8 Å². The van der Waals surface area contributed by atoms with Gasteiger partial charge in [-0.05, 0) is 36.2 Å². The molecule has 1 unspecified atom stereocenters. The number of thiophene rings is 1. The van der Waals surface area contributed by atoms with Crippen molar-refractivity contribution in [3.8, 4) is 11.4 Å². The summed E-state index contributed by atoms with van der Waals surface area (Å²) in [5.41, 5.74) is 2.43. The smallest absolute Gasteiger partial charge is 0.228 e. The Morgan fingerprint density at radius 1 is 1.33 bits per heavy atom. The molecule has 2 heterocycles. The van der Waals surface area contributed by atoms with Crippen molar-refractivity contribution in [1.29, 1.82) is 0 Å². The van der Waals surface area contributed by atoms with E-state index < -0.39 is 0 Å². The van der Waals surface area contributed by atoms with Gasteiger partial charge in [0.05, 0.1) is 0 Å². The van der Waals surface area contributed by atoms with E-state index in [1.54, 1.807) is 11.3 Å².